The van der Waals surface area contributed by atoms with E-state index in [1.807, 2.05) is 30.3 Å². The van der Waals surface area contributed by atoms with E-state index in [-0.39, 0.29) is 18.0 Å². The van der Waals surface area contributed by atoms with Crippen molar-refractivity contribution in [3.63, 3.8) is 0 Å². The number of aromatic nitrogens is 2. The smallest absolute Gasteiger partial charge is 0.275 e. The maximum absolute atomic E-state index is 12.4. The van der Waals surface area contributed by atoms with E-state index < -0.39 is 12.1 Å². The zero-order chi connectivity index (χ0) is 17.4. The number of aliphatic hydroxyl groups is 1. The summed E-state index contributed by atoms with van der Waals surface area (Å²) < 4.78 is 1.14. The molecule has 6 nitrogen and oxygen atoms in total. The second-order valence-electron chi connectivity index (χ2n) is 6.21. The minimum Gasteiger partial charge on any atom is -0.390 e. The fraction of sp³-hybridized carbons (Fsp3) is 0.211. The van der Waals surface area contributed by atoms with Gasteiger partial charge in [-0.05, 0) is 17.2 Å². The Kier molecular flexibility index (Phi) is 3.82. The van der Waals surface area contributed by atoms with E-state index in [0.29, 0.717) is 11.8 Å². The number of nitrogens with zero attached hydrogens (tertiary/aromatic N) is 2. The number of benzene rings is 2. The molecular formula is C19H17N3O3. The molecule has 3 aromatic rings. The van der Waals surface area contributed by atoms with Gasteiger partial charge in [0.15, 0.2) is 0 Å². The first kappa shape index (κ1) is 15.5. The molecule has 6 heteroatoms. The monoisotopic (exact) mass is 335 g/mol. The van der Waals surface area contributed by atoms with Gasteiger partial charge in [-0.1, -0.05) is 42.5 Å². The Hall–Kier alpha value is -2.99. The highest BCUT2D eigenvalue weighted by atomic mass is 16.3. The van der Waals surface area contributed by atoms with Crippen molar-refractivity contribution in [3.8, 4) is 0 Å². The van der Waals surface area contributed by atoms with Gasteiger partial charge >= 0.3 is 0 Å². The van der Waals surface area contributed by atoms with E-state index in [1.165, 1.54) is 0 Å². The lowest BCUT2D eigenvalue weighted by Gasteiger charge is -2.18. The van der Waals surface area contributed by atoms with Crippen LogP contribution in [-0.2, 0) is 17.8 Å². The highest BCUT2D eigenvalue weighted by Crippen LogP contribution is 2.31. The number of carbonyl (C=O) groups excluding carboxylic acids is 1. The molecule has 1 aliphatic carbocycles. The number of hydrogen-bond acceptors (Lipinski definition) is 4. The molecule has 0 bridgehead atoms. The van der Waals surface area contributed by atoms with Crippen molar-refractivity contribution in [2.45, 2.75) is 25.1 Å². The van der Waals surface area contributed by atoms with Crippen LogP contribution in [-0.4, -0.2) is 26.9 Å². The third-order valence-corrected chi connectivity index (χ3v) is 4.58. The van der Waals surface area contributed by atoms with Crippen LogP contribution in [0.1, 0.15) is 17.2 Å². The lowest BCUT2D eigenvalue weighted by atomic mass is 10.1. The van der Waals surface area contributed by atoms with Crippen LogP contribution in [0.2, 0.25) is 0 Å². The molecule has 2 aromatic carbocycles. The number of nitrogens with one attached hydrogen (secondary N) is 1. The van der Waals surface area contributed by atoms with Crippen molar-refractivity contribution in [2.24, 2.45) is 0 Å². The van der Waals surface area contributed by atoms with Crippen molar-refractivity contribution >= 4 is 16.7 Å². The summed E-state index contributed by atoms with van der Waals surface area (Å²) in [4.78, 5) is 24.8. The standard InChI is InChI=1S/C19H17N3O3/c23-16-9-12-5-1-3-7-14(12)18(16)21-17(24)11-22-19(25)15-8-4-2-6-13(15)10-20-22/h1-8,10,16,18,23H,9,11H2,(H,21,24). The summed E-state index contributed by atoms with van der Waals surface area (Å²) in [5, 5.41) is 18.4. The molecule has 0 saturated heterocycles. The van der Waals surface area contributed by atoms with Crippen molar-refractivity contribution in [2.75, 3.05) is 0 Å². The minimum atomic E-state index is -0.664. The van der Waals surface area contributed by atoms with E-state index in [2.05, 4.69) is 10.4 Å². The molecule has 25 heavy (non-hydrogen) atoms. The van der Waals surface area contributed by atoms with Crippen molar-refractivity contribution in [3.05, 3.63) is 76.2 Å². The maximum atomic E-state index is 12.4. The summed E-state index contributed by atoms with van der Waals surface area (Å²) in [5.74, 6) is -0.356. The number of carbonyl (C=O) groups is 1. The van der Waals surface area contributed by atoms with E-state index in [9.17, 15) is 14.7 Å². The summed E-state index contributed by atoms with van der Waals surface area (Å²) in [7, 11) is 0. The summed E-state index contributed by atoms with van der Waals surface area (Å²) in [6.45, 7) is -0.185. The Morgan fingerprint density at radius 3 is 2.84 bits per heavy atom. The maximum Gasteiger partial charge on any atom is 0.275 e. The first-order chi connectivity index (χ1) is 12.1. The normalized spacial score (nSPS) is 18.9. The highest BCUT2D eigenvalue weighted by molar-refractivity contribution is 5.81. The lowest BCUT2D eigenvalue weighted by molar-refractivity contribution is -0.123. The fourth-order valence-corrected chi connectivity index (χ4v) is 3.34. The van der Waals surface area contributed by atoms with Crippen molar-refractivity contribution < 1.29 is 9.90 Å². The molecule has 1 aliphatic rings. The Bertz CT molecular complexity index is 1010. The summed E-state index contributed by atoms with van der Waals surface area (Å²) in [6, 6.07) is 14.3. The van der Waals surface area contributed by atoms with Gasteiger partial charge in [-0.25, -0.2) is 4.68 Å². The predicted octanol–water partition coefficient (Wildman–Crippen LogP) is 1.17. The Labute approximate surface area is 143 Å². The second kappa shape index (κ2) is 6.14. The van der Waals surface area contributed by atoms with Crippen LogP contribution in [0.4, 0.5) is 0 Å². The molecule has 0 aliphatic heterocycles. The van der Waals surface area contributed by atoms with E-state index in [4.69, 9.17) is 0 Å². The number of fused-ring (bicyclic) bond motifs is 2. The molecule has 1 aromatic heterocycles. The van der Waals surface area contributed by atoms with Crippen molar-refractivity contribution in [1.82, 2.24) is 15.1 Å². The molecule has 2 atom stereocenters. The molecule has 2 unspecified atom stereocenters. The van der Waals surface area contributed by atoms with Gasteiger partial charge < -0.3 is 10.4 Å². The Morgan fingerprint density at radius 1 is 1.20 bits per heavy atom. The molecule has 126 valence electrons. The summed E-state index contributed by atoms with van der Waals surface area (Å²) >= 11 is 0. The molecule has 0 fully saturated rings. The van der Waals surface area contributed by atoms with Crippen LogP contribution < -0.4 is 10.9 Å². The topological polar surface area (TPSA) is 84.2 Å². The van der Waals surface area contributed by atoms with Gasteiger partial charge in [0.1, 0.15) is 6.54 Å². The van der Waals surface area contributed by atoms with E-state index >= 15 is 0 Å². The first-order valence-electron chi connectivity index (χ1n) is 8.13. The largest absolute Gasteiger partial charge is 0.390 e. The summed E-state index contributed by atoms with van der Waals surface area (Å²) in [5.41, 5.74) is 1.64. The molecule has 4 rings (SSSR count). The number of amides is 1. The summed E-state index contributed by atoms with van der Waals surface area (Å²) in [6.07, 6.45) is 1.42. The predicted molar refractivity (Wildman–Crippen MR) is 93.0 cm³/mol. The van der Waals surface area contributed by atoms with Gasteiger partial charge in [0.25, 0.3) is 5.56 Å². The average molecular weight is 335 g/mol. The van der Waals surface area contributed by atoms with Crippen LogP contribution in [0.15, 0.2) is 59.5 Å². The van der Waals surface area contributed by atoms with Gasteiger partial charge in [0.05, 0.1) is 23.7 Å². The fourth-order valence-electron chi connectivity index (χ4n) is 3.34. The molecule has 1 amide bonds. The average Bonchev–Trinajstić information content (AvgIpc) is 2.93. The SMILES string of the molecule is O=C(Cn1ncc2ccccc2c1=O)NC1c2ccccc2CC1O. The molecule has 1 heterocycles. The Morgan fingerprint density at radius 2 is 1.96 bits per heavy atom. The minimum absolute atomic E-state index is 0.185. The molecule has 2 N–H and O–H groups in total. The zero-order valence-corrected chi connectivity index (χ0v) is 13.4. The van der Waals surface area contributed by atoms with Gasteiger partial charge in [-0.3, -0.25) is 9.59 Å². The molecular weight excluding hydrogens is 318 g/mol. The third kappa shape index (κ3) is 2.81. The van der Waals surface area contributed by atoms with Gasteiger partial charge in [0, 0.05) is 11.8 Å². The van der Waals surface area contributed by atoms with Crippen LogP contribution in [0.3, 0.4) is 0 Å². The number of hydrogen-bond donors (Lipinski definition) is 2. The van der Waals surface area contributed by atoms with Crippen LogP contribution in [0, 0.1) is 0 Å². The number of rotatable bonds is 3. The number of aliphatic hydroxyl groups excluding tert-OH is 1. The van der Waals surface area contributed by atoms with E-state index in [1.54, 1.807) is 24.4 Å². The van der Waals surface area contributed by atoms with Crippen molar-refractivity contribution in [1.29, 1.82) is 0 Å². The third-order valence-electron chi connectivity index (χ3n) is 4.58. The van der Waals surface area contributed by atoms with Gasteiger partial charge in [0.2, 0.25) is 5.91 Å². The second-order valence-corrected chi connectivity index (χ2v) is 6.21. The Balaban J connectivity index is 1.55. The van der Waals surface area contributed by atoms with Gasteiger partial charge in [-0.2, -0.15) is 5.10 Å². The first-order valence-corrected chi connectivity index (χ1v) is 8.13. The van der Waals surface area contributed by atoms with Crippen LogP contribution in [0.5, 0.6) is 0 Å². The quantitative estimate of drug-likeness (QED) is 0.752. The van der Waals surface area contributed by atoms with Crippen LogP contribution in [0.25, 0.3) is 10.8 Å². The van der Waals surface area contributed by atoms with Crippen LogP contribution >= 0.6 is 0 Å². The lowest BCUT2D eigenvalue weighted by Crippen LogP contribution is -2.38. The molecule has 0 saturated carbocycles. The zero-order valence-electron chi connectivity index (χ0n) is 13.4. The molecule has 0 spiro atoms. The van der Waals surface area contributed by atoms with E-state index in [0.717, 1.165) is 21.2 Å². The molecule has 0 radical (unpaired) electrons. The highest BCUT2D eigenvalue weighted by Gasteiger charge is 2.31. The van der Waals surface area contributed by atoms with Gasteiger partial charge in [-0.15, -0.1) is 0 Å².